The van der Waals surface area contributed by atoms with Crippen LogP contribution in [-0.4, -0.2) is 46.8 Å². The number of carbonyl (C=O) groups excluding carboxylic acids is 1. The summed E-state index contributed by atoms with van der Waals surface area (Å²) >= 11 is 2.56. The number of thiazole rings is 1. The van der Waals surface area contributed by atoms with Gasteiger partial charge < -0.3 is 5.32 Å². The van der Waals surface area contributed by atoms with Gasteiger partial charge in [0.1, 0.15) is 0 Å². The molecule has 1 aromatic heterocycles. The van der Waals surface area contributed by atoms with Gasteiger partial charge in [-0.1, -0.05) is 0 Å². The Morgan fingerprint density at radius 2 is 2.12 bits per heavy atom. The molecule has 0 saturated carbocycles. The van der Waals surface area contributed by atoms with E-state index in [2.05, 4.69) is 15.6 Å². The Bertz CT molecular complexity index is 1080. The number of benzene rings is 2. The SMILES string of the molecule is CCc1ccc(C(=O)c2sc(Nc3ccc(OCCC4CCCN4)cc3)nc2[AsH2])cc1F. The summed E-state index contributed by atoms with van der Waals surface area (Å²) in [5, 5.41) is 7.37. The summed E-state index contributed by atoms with van der Waals surface area (Å²) < 4.78 is 20.7. The van der Waals surface area contributed by atoms with Crippen molar-refractivity contribution in [3.8, 4) is 5.75 Å². The fourth-order valence-corrected chi connectivity index (χ4v) is 5.71. The molecule has 2 unspecified atom stereocenters. The summed E-state index contributed by atoms with van der Waals surface area (Å²) in [6, 6.07) is 13.0. The number of anilines is 2. The van der Waals surface area contributed by atoms with E-state index in [-0.39, 0.29) is 11.6 Å². The molecule has 5 nitrogen and oxygen atoms in total. The van der Waals surface area contributed by atoms with Gasteiger partial charge in [-0.2, -0.15) is 0 Å². The Kier molecular flexibility index (Phi) is 7.61. The summed E-state index contributed by atoms with van der Waals surface area (Å²) in [6.07, 6.45) is 4.09. The second-order valence-electron chi connectivity index (χ2n) is 7.80. The molecule has 2 heterocycles. The summed E-state index contributed by atoms with van der Waals surface area (Å²) in [7, 11) is 0. The molecule has 2 aromatic carbocycles. The molecule has 0 aliphatic carbocycles. The quantitative estimate of drug-likeness (QED) is 0.337. The van der Waals surface area contributed by atoms with E-state index < -0.39 is 0 Å². The minimum absolute atomic E-state index is 0.197. The molecule has 0 bridgehead atoms. The molecule has 168 valence electrons. The first-order chi connectivity index (χ1) is 15.5. The van der Waals surface area contributed by atoms with Crippen LogP contribution < -0.4 is 19.9 Å². The van der Waals surface area contributed by atoms with E-state index in [0.717, 1.165) is 24.4 Å². The number of ketones is 1. The monoisotopic (exact) mass is 515 g/mol. The zero-order valence-corrected chi connectivity index (χ0v) is 21.2. The minimum atomic E-state index is -0.341. The van der Waals surface area contributed by atoms with Crippen LogP contribution in [-0.2, 0) is 6.42 Å². The van der Waals surface area contributed by atoms with Gasteiger partial charge in [-0.15, -0.1) is 0 Å². The van der Waals surface area contributed by atoms with E-state index in [0.29, 0.717) is 44.7 Å². The van der Waals surface area contributed by atoms with Crippen LogP contribution in [0.4, 0.5) is 15.2 Å². The van der Waals surface area contributed by atoms with E-state index in [1.807, 2.05) is 31.2 Å². The number of carbonyl (C=O) groups is 1. The molecule has 1 aliphatic rings. The summed E-state index contributed by atoms with van der Waals surface area (Å²) in [5.41, 5.74) is 1.83. The maximum atomic E-state index is 14.1. The van der Waals surface area contributed by atoms with Crippen molar-refractivity contribution in [3.63, 3.8) is 0 Å². The molecule has 1 aliphatic heterocycles. The predicted molar refractivity (Wildman–Crippen MR) is 130 cm³/mol. The molecule has 4 rings (SSSR count). The van der Waals surface area contributed by atoms with E-state index in [1.165, 1.54) is 47.1 Å². The van der Waals surface area contributed by atoms with Crippen LogP contribution in [0, 0.1) is 5.82 Å². The number of nitrogens with zero attached hydrogens (tertiary/aromatic N) is 1. The molecule has 2 atom stereocenters. The first kappa shape index (κ1) is 23.0. The average Bonchev–Trinajstić information content (AvgIpc) is 3.44. The van der Waals surface area contributed by atoms with Crippen LogP contribution in [0.1, 0.15) is 47.0 Å². The predicted octanol–water partition coefficient (Wildman–Crippen LogP) is 3.60. The maximum absolute atomic E-state index is 14.1. The average molecular weight is 515 g/mol. The Labute approximate surface area is 200 Å². The topological polar surface area (TPSA) is 63.2 Å². The van der Waals surface area contributed by atoms with Gasteiger partial charge in [-0.3, -0.25) is 0 Å². The third kappa shape index (κ3) is 5.58. The zero-order valence-electron chi connectivity index (χ0n) is 18.0. The molecular weight excluding hydrogens is 488 g/mol. The number of aryl methyl sites for hydroxylation is 1. The van der Waals surface area contributed by atoms with Crippen molar-refractivity contribution in [3.05, 3.63) is 64.3 Å². The van der Waals surface area contributed by atoms with Crippen molar-refractivity contribution in [1.29, 1.82) is 0 Å². The zero-order chi connectivity index (χ0) is 22.5. The van der Waals surface area contributed by atoms with Gasteiger partial charge in [0.05, 0.1) is 0 Å². The van der Waals surface area contributed by atoms with Crippen molar-refractivity contribution in [2.45, 2.75) is 38.6 Å². The Morgan fingerprint density at radius 3 is 2.81 bits per heavy atom. The third-order valence-electron chi connectivity index (χ3n) is 5.56. The van der Waals surface area contributed by atoms with Crippen LogP contribution in [0.15, 0.2) is 42.5 Å². The molecule has 32 heavy (non-hydrogen) atoms. The van der Waals surface area contributed by atoms with E-state index in [9.17, 15) is 9.18 Å². The number of nitrogens with one attached hydrogen (secondary N) is 2. The second-order valence-corrected chi connectivity index (χ2v) is 9.95. The normalized spacial score (nSPS) is 15.7. The number of hydrogen-bond donors (Lipinski definition) is 2. The number of hydrogen-bond acceptors (Lipinski definition) is 6. The van der Waals surface area contributed by atoms with E-state index in [1.54, 1.807) is 12.1 Å². The fourth-order valence-electron chi connectivity index (χ4n) is 3.73. The van der Waals surface area contributed by atoms with Crippen LogP contribution in [0.2, 0.25) is 0 Å². The van der Waals surface area contributed by atoms with Gasteiger partial charge in [-0.25, -0.2) is 0 Å². The number of aromatic nitrogens is 1. The van der Waals surface area contributed by atoms with Gasteiger partial charge in [-0.05, 0) is 19.4 Å². The van der Waals surface area contributed by atoms with Crippen LogP contribution in [0.5, 0.6) is 5.75 Å². The van der Waals surface area contributed by atoms with Gasteiger partial charge in [0.25, 0.3) is 0 Å². The van der Waals surface area contributed by atoms with Gasteiger partial charge in [0.2, 0.25) is 0 Å². The van der Waals surface area contributed by atoms with Crippen molar-refractivity contribution >= 4 is 49.3 Å². The van der Waals surface area contributed by atoms with Crippen molar-refractivity contribution < 1.29 is 13.9 Å². The van der Waals surface area contributed by atoms with Gasteiger partial charge in [0.15, 0.2) is 0 Å². The second kappa shape index (κ2) is 10.6. The molecule has 2 N–H and O–H groups in total. The molecule has 0 spiro atoms. The Balaban J connectivity index is 1.37. The first-order valence-electron chi connectivity index (χ1n) is 10.9. The van der Waals surface area contributed by atoms with Crippen LogP contribution in [0.3, 0.4) is 0 Å². The first-order valence-corrected chi connectivity index (χ1v) is 12.9. The summed E-state index contributed by atoms with van der Waals surface area (Å²) in [4.78, 5) is 17.9. The molecule has 0 amide bonds. The molecule has 0 radical (unpaired) electrons. The van der Waals surface area contributed by atoms with Crippen molar-refractivity contribution in [2.75, 3.05) is 18.5 Å². The van der Waals surface area contributed by atoms with Gasteiger partial charge in [0, 0.05) is 0 Å². The standard InChI is InChI=1S/C24H27AsFN3O2S/c1-2-15-5-6-16(14-20(15)26)21(30)22-23(25)29-24(32-22)28-18-7-9-19(10-8-18)31-13-11-17-4-3-12-27-17/h5-10,14,17,27H,2-4,11-13,25H2,1H3,(H,28,29). The fraction of sp³-hybridized carbons (Fsp3) is 0.333. The summed E-state index contributed by atoms with van der Waals surface area (Å²) in [5.74, 6) is 0.295. The number of ether oxygens (including phenoxy) is 1. The number of halogens is 1. The van der Waals surface area contributed by atoms with Crippen LogP contribution in [0.25, 0.3) is 0 Å². The number of rotatable bonds is 9. The third-order valence-corrected chi connectivity index (χ3v) is 7.86. The van der Waals surface area contributed by atoms with Gasteiger partial charge >= 0.3 is 176 Å². The molecular formula is C24H27AsFN3O2S. The summed E-state index contributed by atoms with van der Waals surface area (Å²) in [6.45, 7) is 3.70. The molecule has 8 heteroatoms. The van der Waals surface area contributed by atoms with Crippen molar-refractivity contribution in [1.82, 2.24) is 10.3 Å². The van der Waals surface area contributed by atoms with E-state index >= 15 is 0 Å². The van der Waals surface area contributed by atoms with Crippen LogP contribution >= 0.6 is 11.3 Å². The van der Waals surface area contributed by atoms with Crippen molar-refractivity contribution in [2.24, 2.45) is 0 Å². The van der Waals surface area contributed by atoms with E-state index in [4.69, 9.17) is 4.74 Å². The Hall–Kier alpha value is -2.21. The molecule has 3 aromatic rings. The molecule has 1 fully saturated rings. The Morgan fingerprint density at radius 1 is 1.31 bits per heavy atom. The molecule has 1 saturated heterocycles.